The second kappa shape index (κ2) is 16.3. The van der Waals surface area contributed by atoms with Gasteiger partial charge < -0.3 is 54.6 Å². The van der Waals surface area contributed by atoms with E-state index >= 15 is 0 Å². The van der Waals surface area contributed by atoms with Gasteiger partial charge in [-0.3, -0.25) is 14.4 Å². The van der Waals surface area contributed by atoms with Crippen LogP contribution in [0, 0.1) is 11.8 Å². The number of carbonyl (C=O) groups excluding carboxylic acids is 4. The molecule has 312 valence electrons. The molecule has 5 N–H and O–H groups in total. The van der Waals surface area contributed by atoms with E-state index in [1.165, 1.54) is 7.11 Å². The lowest BCUT2D eigenvalue weighted by atomic mass is 10.0. The zero-order valence-corrected chi connectivity index (χ0v) is 33.9. The fourth-order valence-electron chi connectivity index (χ4n) is 8.62. The standard InChI is InChI=1S/C42H51N9O8/c1-22(2)35(47-34(53)21-52)40(54)50-12-6-8-28(50)38-43-19-26(45-38)24-10-11-31-30(16-24)49-14-15-58-32-17-25(18-33(59-31)37(32)49)27-20-44-39(46-27)29-9-7-13-51(29)41(55)36(23(3)4)48-42(56)57-5/h10-11,16-20,22-23,28-29,35-36,52H,6-9,12-15,21H2,1-5H3,(H,43,45)(H,44,46)(H,47,53)(H,48,56)/t28-,29-,35-,36-/m0/s1. The summed E-state index contributed by atoms with van der Waals surface area (Å²) < 4.78 is 17.6. The number of carbonyl (C=O) groups is 4. The fraction of sp³-hybridized carbons (Fsp3) is 0.476. The molecule has 0 radical (unpaired) electrons. The number of aromatic nitrogens is 4. The maximum absolute atomic E-state index is 13.7. The largest absolute Gasteiger partial charge is 0.489 e. The first-order valence-corrected chi connectivity index (χ1v) is 20.3. The number of imidazole rings is 2. The number of H-pyrrole nitrogens is 2. The molecule has 4 amide bonds. The van der Waals surface area contributed by atoms with E-state index in [-0.39, 0.29) is 35.7 Å². The highest BCUT2D eigenvalue weighted by Gasteiger charge is 2.39. The third-order valence-electron chi connectivity index (χ3n) is 11.7. The molecule has 0 bridgehead atoms. The van der Waals surface area contributed by atoms with E-state index in [9.17, 15) is 24.3 Å². The SMILES string of the molecule is COC(=O)N[C@H](C(=O)N1CCC[C@H]1c1ncc(-c2cc3c4c(c2)Oc2ccc(-c5cnc([C@@H]6CCCN6C(=O)[C@@H](NC(=O)CO)C(C)C)[nH]5)cc2N4CCO3)[nH]1)C(C)C. The van der Waals surface area contributed by atoms with Crippen LogP contribution in [0.3, 0.4) is 0 Å². The summed E-state index contributed by atoms with van der Waals surface area (Å²) in [6.45, 7) is 9.01. The number of rotatable bonds is 11. The summed E-state index contributed by atoms with van der Waals surface area (Å²) in [4.78, 5) is 73.5. The Bertz CT molecular complexity index is 2250. The summed E-state index contributed by atoms with van der Waals surface area (Å²) in [7, 11) is 1.28. The van der Waals surface area contributed by atoms with E-state index in [1.54, 1.807) is 22.2 Å². The van der Waals surface area contributed by atoms with Gasteiger partial charge in [-0.15, -0.1) is 0 Å². The van der Waals surface area contributed by atoms with Crippen LogP contribution in [0.5, 0.6) is 17.2 Å². The topological polar surface area (TPSA) is 207 Å². The van der Waals surface area contributed by atoms with Crippen LogP contribution in [0.4, 0.5) is 16.2 Å². The van der Waals surface area contributed by atoms with Gasteiger partial charge in [0.15, 0.2) is 11.5 Å². The Morgan fingerprint density at radius 1 is 0.814 bits per heavy atom. The highest BCUT2D eigenvalue weighted by atomic mass is 16.5. The third kappa shape index (κ3) is 7.54. The van der Waals surface area contributed by atoms with Crippen molar-refractivity contribution in [3.63, 3.8) is 0 Å². The van der Waals surface area contributed by atoms with Crippen molar-refractivity contribution in [2.45, 2.75) is 77.5 Å². The van der Waals surface area contributed by atoms with E-state index in [4.69, 9.17) is 24.2 Å². The molecule has 0 spiro atoms. The lowest BCUT2D eigenvalue weighted by Crippen LogP contribution is -2.51. The number of alkyl carbamates (subject to hydrolysis) is 1. The van der Waals surface area contributed by atoms with Gasteiger partial charge in [0.25, 0.3) is 0 Å². The van der Waals surface area contributed by atoms with Crippen LogP contribution >= 0.6 is 0 Å². The molecular formula is C42H51N9O8. The number of methoxy groups -OCH3 is 1. The number of hydrogen-bond donors (Lipinski definition) is 5. The minimum atomic E-state index is -0.748. The summed E-state index contributed by atoms with van der Waals surface area (Å²) in [5.74, 6) is 2.11. The van der Waals surface area contributed by atoms with Gasteiger partial charge in [0, 0.05) is 24.2 Å². The number of hydrogen-bond acceptors (Lipinski definition) is 11. The maximum atomic E-state index is 13.7. The monoisotopic (exact) mass is 809 g/mol. The number of aliphatic hydroxyl groups excluding tert-OH is 1. The number of fused-ring (bicyclic) bond motifs is 2. The zero-order chi connectivity index (χ0) is 41.5. The molecule has 0 unspecified atom stereocenters. The predicted molar refractivity (Wildman–Crippen MR) is 216 cm³/mol. The van der Waals surface area contributed by atoms with Gasteiger partial charge in [0.05, 0.1) is 55.2 Å². The lowest BCUT2D eigenvalue weighted by Gasteiger charge is -2.37. The first-order valence-electron chi connectivity index (χ1n) is 20.3. The number of benzene rings is 2. The molecule has 2 saturated heterocycles. The van der Waals surface area contributed by atoms with Gasteiger partial charge >= 0.3 is 6.09 Å². The number of anilines is 2. The van der Waals surface area contributed by atoms with Crippen molar-refractivity contribution in [1.82, 2.24) is 40.4 Å². The van der Waals surface area contributed by atoms with Crippen LogP contribution in [0.1, 0.15) is 77.1 Å². The molecule has 2 aromatic carbocycles. The second-order valence-electron chi connectivity index (χ2n) is 16.2. The zero-order valence-electron chi connectivity index (χ0n) is 33.9. The third-order valence-corrected chi connectivity index (χ3v) is 11.7. The average Bonchev–Trinajstić information content (AvgIpc) is 4.08. The molecule has 0 saturated carbocycles. The van der Waals surface area contributed by atoms with Crippen molar-refractivity contribution in [2.24, 2.45) is 11.8 Å². The van der Waals surface area contributed by atoms with Crippen LogP contribution in [-0.2, 0) is 19.1 Å². The Morgan fingerprint density at radius 3 is 2.00 bits per heavy atom. The molecule has 4 aromatic rings. The molecule has 4 atom stereocenters. The number of likely N-dealkylation sites (tertiary alicyclic amines) is 2. The van der Waals surface area contributed by atoms with Crippen LogP contribution in [0.2, 0.25) is 0 Å². The number of aromatic amines is 2. The van der Waals surface area contributed by atoms with Gasteiger partial charge in [-0.2, -0.15) is 0 Å². The van der Waals surface area contributed by atoms with Gasteiger partial charge in [0.1, 0.15) is 48.4 Å². The molecule has 4 aliphatic heterocycles. The highest BCUT2D eigenvalue weighted by Crippen LogP contribution is 2.54. The van der Waals surface area contributed by atoms with Crippen LogP contribution in [0.25, 0.3) is 22.5 Å². The van der Waals surface area contributed by atoms with Crippen LogP contribution in [0.15, 0.2) is 42.7 Å². The molecule has 17 nitrogen and oxygen atoms in total. The Balaban J connectivity index is 1.01. The van der Waals surface area contributed by atoms with E-state index in [0.717, 1.165) is 59.6 Å². The van der Waals surface area contributed by atoms with E-state index < -0.39 is 30.7 Å². The summed E-state index contributed by atoms with van der Waals surface area (Å²) in [5, 5.41) is 14.7. The summed E-state index contributed by atoms with van der Waals surface area (Å²) >= 11 is 0. The Labute approximate surface area is 341 Å². The summed E-state index contributed by atoms with van der Waals surface area (Å²) in [6, 6.07) is 7.91. The fourth-order valence-corrected chi connectivity index (χ4v) is 8.62. The molecular weight excluding hydrogens is 759 g/mol. The molecule has 0 aliphatic carbocycles. The highest BCUT2D eigenvalue weighted by molar-refractivity contribution is 5.90. The van der Waals surface area contributed by atoms with Crippen LogP contribution < -0.4 is 25.0 Å². The number of nitrogens with one attached hydrogen (secondary N) is 4. The molecule has 17 heteroatoms. The van der Waals surface area contributed by atoms with Gasteiger partial charge in [-0.1, -0.05) is 27.7 Å². The van der Waals surface area contributed by atoms with Crippen molar-refractivity contribution in [3.05, 3.63) is 54.4 Å². The van der Waals surface area contributed by atoms with E-state index in [0.29, 0.717) is 55.1 Å². The molecule has 8 rings (SSSR count). The minimum Gasteiger partial charge on any atom is -0.489 e. The molecule has 59 heavy (non-hydrogen) atoms. The van der Waals surface area contributed by atoms with Gasteiger partial charge in [-0.25, -0.2) is 14.8 Å². The van der Waals surface area contributed by atoms with Crippen molar-refractivity contribution < 1.29 is 38.5 Å². The predicted octanol–water partition coefficient (Wildman–Crippen LogP) is 4.94. The lowest BCUT2D eigenvalue weighted by molar-refractivity contribution is -0.139. The first kappa shape index (κ1) is 39.7. The van der Waals surface area contributed by atoms with Crippen molar-refractivity contribution in [1.29, 1.82) is 0 Å². The summed E-state index contributed by atoms with van der Waals surface area (Å²) in [6.07, 6.45) is 5.99. The second-order valence-corrected chi connectivity index (χ2v) is 16.2. The summed E-state index contributed by atoms with van der Waals surface area (Å²) in [5.41, 5.74) is 4.98. The molecule has 6 heterocycles. The molecule has 4 aliphatic rings. The Kier molecular flexibility index (Phi) is 11.0. The number of nitrogens with zero attached hydrogens (tertiary/aromatic N) is 5. The van der Waals surface area contributed by atoms with E-state index in [1.807, 2.05) is 52.0 Å². The number of amides is 4. The van der Waals surface area contributed by atoms with Crippen molar-refractivity contribution >= 4 is 35.2 Å². The van der Waals surface area contributed by atoms with Gasteiger partial charge in [0.2, 0.25) is 17.7 Å². The minimum absolute atomic E-state index is 0.135. The average molecular weight is 810 g/mol. The van der Waals surface area contributed by atoms with Crippen LogP contribution in [-0.4, -0.2) is 111 Å². The normalized spacial score (nSPS) is 19.2. The van der Waals surface area contributed by atoms with Crippen molar-refractivity contribution in [2.75, 3.05) is 44.9 Å². The Morgan fingerprint density at radius 2 is 1.41 bits per heavy atom. The van der Waals surface area contributed by atoms with E-state index in [2.05, 4.69) is 31.6 Å². The smallest absolute Gasteiger partial charge is 0.407 e. The number of ether oxygens (including phenoxy) is 3. The first-order chi connectivity index (χ1) is 28.4. The maximum Gasteiger partial charge on any atom is 0.407 e. The van der Waals surface area contributed by atoms with Crippen molar-refractivity contribution in [3.8, 4) is 39.8 Å². The number of aliphatic hydroxyl groups is 1. The van der Waals surface area contributed by atoms with Gasteiger partial charge in [-0.05, 0) is 67.9 Å². The quantitative estimate of drug-likeness (QED) is 0.137. The molecule has 2 fully saturated rings. The Hall–Kier alpha value is -6.10. The molecule has 2 aromatic heterocycles.